The standard InChI is InChI=1S/C13H26N2O2/c1-9(2)14-12(13(16)17)8-15-10(3)6-5-7-11(15)4/h9-12,14H,5-8H2,1-4H3,(H,16,17). The van der Waals surface area contributed by atoms with E-state index < -0.39 is 12.0 Å². The van der Waals surface area contributed by atoms with Gasteiger partial charge in [-0.2, -0.15) is 0 Å². The number of carbonyl (C=O) groups is 1. The van der Waals surface area contributed by atoms with Crippen molar-refractivity contribution in [1.82, 2.24) is 10.2 Å². The molecular weight excluding hydrogens is 216 g/mol. The maximum absolute atomic E-state index is 11.2. The molecule has 4 nitrogen and oxygen atoms in total. The van der Waals surface area contributed by atoms with Crippen LogP contribution < -0.4 is 5.32 Å². The molecule has 1 fully saturated rings. The van der Waals surface area contributed by atoms with E-state index in [1.807, 2.05) is 13.8 Å². The van der Waals surface area contributed by atoms with Crippen LogP contribution in [0.5, 0.6) is 0 Å². The lowest BCUT2D eigenvalue weighted by atomic mass is 9.97. The smallest absolute Gasteiger partial charge is 0.322 e. The van der Waals surface area contributed by atoms with Gasteiger partial charge in [-0.1, -0.05) is 20.3 Å². The third-order valence-corrected chi connectivity index (χ3v) is 3.60. The van der Waals surface area contributed by atoms with Crippen molar-refractivity contribution in [3.8, 4) is 0 Å². The fourth-order valence-corrected chi connectivity index (χ4v) is 2.65. The number of hydrogen-bond donors (Lipinski definition) is 2. The largest absolute Gasteiger partial charge is 0.480 e. The Bertz CT molecular complexity index is 246. The molecule has 0 bridgehead atoms. The van der Waals surface area contributed by atoms with Gasteiger partial charge in [-0.05, 0) is 26.7 Å². The molecule has 1 aliphatic rings. The number of piperidine rings is 1. The molecule has 4 heteroatoms. The molecule has 0 aromatic rings. The average Bonchev–Trinajstić information content (AvgIpc) is 2.21. The molecule has 3 atom stereocenters. The van der Waals surface area contributed by atoms with Gasteiger partial charge in [-0.25, -0.2) is 0 Å². The second kappa shape index (κ2) is 6.36. The second-order valence-corrected chi connectivity index (χ2v) is 5.54. The summed E-state index contributed by atoms with van der Waals surface area (Å²) in [7, 11) is 0. The fraction of sp³-hybridized carbons (Fsp3) is 0.923. The Hall–Kier alpha value is -0.610. The zero-order valence-corrected chi connectivity index (χ0v) is 11.4. The van der Waals surface area contributed by atoms with Crippen LogP contribution in [0.25, 0.3) is 0 Å². The Morgan fingerprint density at radius 3 is 2.29 bits per heavy atom. The monoisotopic (exact) mass is 242 g/mol. The molecule has 0 aromatic carbocycles. The van der Waals surface area contributed by atoms with Crippen LogP contribution in [0.4, 0.5) is 0 Å². The molecule has 1 heterocycles. The zero-order valence-electron chi connectivity index (χ0n) is 11.4. The molecule has 2 N–H and O–H groups in total. The Labute approximate surface area is 104 Å². The van der Waals surface area contributed by atoms with E-state index in [1.165, 1.54) is 19.3 Å². The first kappa shape index (κ1) is 14.5. The summed E-state index contributed by atoms with van der Waals surface area (Å²) in [6, 6.07) is 0.730. The van der Waals surface area contributed by atoms with Crippen LogP contribution in [0, 0.1) is 0 Å². The van der Waals surface area contributed by atoms with E-state index in [-0.39, 0.29) is 6.04 Å². The van der Waals surface area contributed by atoms with E-state index in [0.717, 1.165) is 0 Å². The Balaban J connectivity index is 2.61. The van der Waals surface area contributed by atoms with Crippen molar-refractivity contribution in [2.45, 2.75) is 71.1 Å². The molecule has 17 heavy (non-hydrogen) atoms. The topological polar surface area (TPSA) is 52.6 Å². The normalized spacial score (nSPS) is 28.3. The molecular formula is C13H26N2O2. The van der Waals surface area contributed by atoms with Gasteiger partial charge in [-0.15, -0.1) is 0 Å². The van der Waals surface area contributed by atoms with Gasteiger partial charge < -0.3 is 10.4 Å². The predicted molar refractivity (Wildman–Crippen MR) is 69.2 cm³/mol. The number of carboxylic acid groups (broad SMARTS) is 1. The number of carboxylic acids is 1. The molecule has 1 aliphatic heterocycles. The third-order valence-electron chi connectivity index (χ3n) is 3.60. The Kier molecular flexibility index (Phi) is 5.40. The van der Waals surface area contributed by atoms with Crippen LogP contribution in [-0.4, -0.2) is 46.7 Å². The first-order valence-electron chi connectivity index (χ1n) is 6.66. The maximum Gasteiger partial charge on any atom is 0.322 e. The SMILES string of the molecule is CC(C)NC(CN1C(C)CCCC1C)C(=O)O. The highest BCUT2D eigenvalue weighted by molar-refractivity contribution is 5.73. The molecule has 0 aliphatic carbocycles. The van der Waals surface area contributed by atoms with E-state index >= 15 is 0 Å². The number of rotatable bonds is 5. The first-order chi connectivity index (χ1) is 7.91. The quantitative estimate of drug-likeness (QED) is 0.770. The van der Waals surface area contributed by atoms with Gasteiger partial charge >= 0.3 is 5.97 Å². The summed E-state index contributed by atoms with van der Waals surface area (Å²) in [5.41, 5.74) is 0. The molecule has 1 rings (SSSR count). The summed E-state index contributed by atoms with van der Waals surface area (Å²) in [6.45, 7) is 8.97. The van der Waals surface area contributed by atoms with Gasteiger partial charge in [0.25, 0.3) is 0 Å². The van der Waals surface area contributed by atoms with E-state index in [9.17, 15) is 9.90 Å². The zero-order chi connectivity index (χ0) is 13.0. The van der Waals surface area contributed by atoms with E-state index in [0.29, 0.717) is 18.6 Å². The highest BCUT2D eigenvalue weighted by Crippen LogP contribution is 2.22. The molecule has 0 radical (unpaired) electrons. The van der Waals surface area contributed by atoms with Crippen molar-refractivity contribution in [3.05, 3.63) is 0 Å². The van der Waals surface area contributed by atoms with Gasteiger partial charge in [0, 0.05) is 24.7 Å². The van der Waals surface area contributed by atoms with Gasteiger partial charge in [-0.3, -0.25) is 9.69 Å². The molecule has 3 unspecified atom stereocenters. The summed E-state index contributed by atoms with van der Waals surface area (Å²) in [5, 5.41) is 12.4. The summed E-state index contributed by atoms with van der Waals surface area (Å²) in [5.74, 6) is -0.747. The van der Waals surface area contributed by atoms with Crippen molar-refractivity contribution >= 4 is 5.97 Å². The van der Waals surface area contributed by atoms with Crippen LogP contribution >= 0.6 is 0 Å². The van der Waals surface area contributed by atoms with Gasteiger partial charge in [0.15, 0.2) is 0 Å². The van der Waals surface area contributed by atoms with Crippen molar-refractivity contribution in [3.63, 3.8) is 0 Å². The molecule has 1 saturated heterocycles. The summed E-state index contributed by atoms with van der Waals surface area (Å²) >= 11 is 0. The van der Waals surface area contributed by atoms with Crippen molar-refractivity contribution in [1.29, 1.82) is 0 Å². The summed E-state index contributed by atoms with van der Waals surface area (Å²) in [6.07, 6.45) is 3.62. The Morgan fingerprint density at radius 1 is 1.35 bits per heavy atom. The summed E-state index contributed by atoms with van der Waals surface area (Å²) < 4.78 is 0. The van der Waals surface area contributed by atoms with Crippen LogP contribution in [0.15, 0.2) is 0 Å². The number of hydrogen-bond acceptors (Lipinski definition) is 3. The van der Waals surface area contributed by atoms with Crippen LogP contribution in [0.1, 0.15) is 47.0 Å². The molecule has 0 spiro atoms. The average molecular weight is 242 g/mol. The molecule has 100 valence electrons. The minimum atomic E-state index is -0.747. The first-order valence-corrected chi connectivity index (χ1v) is 6.66. The Morgan fingerprint density at radius 2 is 1.88 bits per heavy atom. The van der Waals surface area contributed by atoms with Crippen LogP contribution in [0.2, 0.25) is 0 Å². The fourth-order valence-electron chi connectivity index (χ4n) is 2.65. The van der Waals surface area contributed by atoms with Crippen molar-refractivity contribution < 1.29 is 9.90 Å². The van der Waals surface area contributed by atoms with E-state index in [2.05, 4.69) is 24.1 Å². The lowest BCUT2D eigenvalue weighted by molar-refractivity contribution is -0.140. The minimum absolute atomic E-state index is 0.200. The van der Waals surface area contributed by atoms with Crippen molar-refractivity contribution in [2.75, 3.05) is 6.54 Å². The van der Waals surface area contributed by atoms with Crippen LogP contribution in [-0.2, 0) is 4.79 Å². The number of nitrogens with zero attached hydrogens (tertiary/aromatic N) is 1. The molecule has 0 saturated carbocycles. The van der Waals surface area contributed by atoms with E-state index in [1.54, 1.807) is 0 Å². The number of likely N-dealkylation sites (tertiary alicyclic amines) is 1. The molecule has 0 amide bonds. The van der Waals surface area contributed by atoms with Crippen molar-refractivity contribution in [2.24, 2.45) is 0 Å². The van der Waals surface area contributed by atoms with Gasteiger partial charge in [0.1, 0.15) is 6.04 Å². The predicted octanol–water partition coefficient (Wildman–Crippen LogP) is 1.70. The van der Waals surface area contributed by atoms with Gasteiger partial charge in [0.05, 0.1) is 0 Å². The second-order valence-electron chi connectivity index (χ2n) is 5.54. The summed E-state index contributed by atoms with van der Waals surface area (Å²) in [4.78, 5) is 13.6. The number of nitrogens with one attached hydrogen (secondary N) is 1. The maximum atomic E-state index is 11.2. The van der Waals surface area contributed by atoms with Gasteiger partial charge in [0.2, 0.25) is 0 Å². The highest BCUT2D eigenvalue weighted by atomic mass is 16.4. The molecule has 0 aromatic heterocycles. The number of aliphatic carboxylic acids is 1. The highest BCUT2D eigenvalue weighted by Gasteiger charge is 2.29. The van der Waals surface area contributed by atoms with E-state index in [4.69, 9.17) is 0 Å². The third kappa shape index (κ3) is 4.28. The van der Waals surface area contributed by atoms with Crippen LogP contribution in [0.3, 0.4) is 0 Å². The minimum Gasteiger partial charge on any atom is -0.480 e. The lowest BCUT2D eigenvalue weighted by Gasteiger charge is -2.40. The lowest BCUT2D eigenvalue weighted by Crippen LogP contribution is -2.54.